The van der Waals surface area contributed by atoms with Gasteiger partial charge in [-0.3, -0.25) is 9.69 Å². The lowest BCUT2D eigenvalue weighted by atomic mass is 10.2. The van der Waals surface area contributed by atoms with Gasteiger partial charge in [-0.05, 0) is 30.7 Å². The Morgan fingerprint density at radius 1 is 1.19 bits per heavy atom. The van der Waals surface area contributed by atoms with Crippen molar-refractivity contribution in [1.82, 2.24) is 14.4 Å². The van der Waals surface area contributed by atoms with Gasteiger partial charge in [-0.25, -0.2) is 9.97 Å². The van der Waals surface area contributed by atoms with Crippen molar-refractivity contribution in [3.05, 3.63) is 70.5 Å². The van der Waals surface area contributed by atoms with Crippen LogP contribution in [0.5, 0.6) is 0 Å². The molecule has 0 aliphatic carbocycles. The lowest BCUT2D eigenvalue weighted by molar-refractivity contribution is 0.0989. The van der Waals surface area contributed by atoms with Crippen molar-refractivity contribution < 1.29 is 4.79 Å². The minimum absolute atomic E-state index is 0.190. The number of pyridine rings is 1. The third kappa shape index (κ3) is 2.98. The molecule has 4 aromatic rings. The standard InChI is InChI=1S/C19H15ClN4OS/c1-12-4-3-9-24-10-15(21-17(12)24)18(25)23(2)19-22-16(11-26-19)13-5-7-14(20)8-6-13/h3-11H,1-2H3. The van der Waals surface area contributed by atoms with Crippen LogP contribution in [-0.2, 0) is 0 Å². The molecular weight excluding hydrogens is 368 g/mol. The Morgan fingerprint density at radius 2 is 1.96 bits per heavy atom. The van der Waals surface area contributed by atoms with Gasteiger partial charge in [0.2, 0.25) is 0 Å². The van der Waals surface area contributed by atoms with Crippen molar-refractivity contribution in [2.45, 2.75) is 6.92 Å². The fourth-order valence-electron chi connectivity index (χ4n) is 2.69. The Morgan fingerprint density at radius 3 is 2.69 bits per heavy atom. The number of carbonyl (C=O) groups is 1. The fourth-order valence-corrected chi connectivity index (χ4v) is 3.61. The average Bonchev–Trinajstić information content (AvgIpc) is 3.29. The van der Waals surface area contributed by atoms with E-state index in [0.717, 1.165) is 22.5 Å². The Kier molecular flexibility index (Phi) is 4.22. The minimum atomic E-state index is -0.190. The number of hydrogen-bond acceptors (Lipinski definition) is 4. The van der Waals surface area contributed by atoms with Crippen molar-refractivity contribution >= 4 is 39.6 Å². The molecule has 1 aromatic carbocycles. The van der Waals surface area contributed by atoms with Crippen molar-refractivity contribution in [3.63, 3.8) is 0 Å². The molecule has 0 aliphatic heterocycles. The number of anilines is 1. The topological polar surface area (TPSA) is 50.5 Å². The van der Waals surface area contributed by atoms with Crippen molar-refractivity contribution in [2.24, 2.45) is 0 Å². The second-order valence-corrected chi connectivity index (χ2v) is 7.21. The molecule has 26 heavy (non-hydrogen) atoms. The molecule has 130 valence electrons. The smallest absolute Gasteiger partial charge is 0.280 e. The van der Waals surface area contributed by atoms with Crippen LogP contribution in [0.4, 0.5) is 5.13 Å². The van der Waals surface area contributed by atoms with Crippen LogP contribution in [0.25, 0.3) is 16.9 Å². The largest absolute Gasteiger partial charge is 0.306 e. The summed E-state index contributed by atoms with van der Waals surface area (Å²) in [5.74, 6) is -0.190. The summed E-state index contributed by atoms with van der Waals surface area (Å²) < 4.78 is 1.86. The summed E-state index contributed by atoms with van der Waals surface area (Å²) in [5, 5.41) is 3.23. The molecule has 0 unspecified atom stereocenters. The highest BCUT2D eigenvalue weighted by Crippen LogP contribution is 2.28. The maximum absolute atomic E-state index is 12.8. The molecule has 0 radical (unpaired) electrons. The Balaban J connectivity index is 1.62. The number of halogens is 1. The summed E-state index contributed by atoms with van der Waals surface area (Å²) in [6.45, 7) is 1.97. The summed E-state index contributed by atoms with van der Waals surface area (Å²) in [6, 6.07) is 11.4. The molecule has 0 fully saturated rings. The fraction of sp³-hybridized carbons (Fsp3) is 0.105. The van der Waals surface area contributed by atoms with Gasteiger partial charge in [-0.2, -0.15) is 0 Å². The maximum atomic E-state index is 12.8. The molecule has 0 saturated carbocycles. The van der Waals surface area contributed by atoms with Crippen LogP contribution in [0.15, 0.2) is 54.2 Å². The third-order valence-electron chi connectivity index (χ3n) is 4.12. The highest BCUT2D eigenvalue weighted by molar-refractivity contribution is 7.14. The Bertz CT molecular complexity index is 1100. The first-order valence-electron chi connectivity index (χ1n) is 7.97. The first kappa shape index (κ1) is 16.8. The molecule has 4 rings (SSSR count). The highest BCUT2D eigenvalue weighted by Gasteiger charge is 2.20. The van der Waals surface area contributed by atoms with Crippen LogP contribution >= 0.6 is 22.9 Å². The zero-order valence-electron chi connectivity index (χ0n) is 14.2. The van der Waals surface area contributed by atoms with E-state index in [2.05, 4.69) is 9.97 Å². The Labute approximate surface area is 159 Å². The van der Waals surface area contributed by atoms with E-state index in [-0.39, 0.29) is 5.91 Å². The number of amides is 1. The molecule has 0 N–H and O–H groups in total. The number of thiazole rings is 1. The average molecular weight is 383 g/mol. The number of nitrogens with zero attached hydrogens (tertiary/aromatic N) is 4. The second-order valence-electron chi connectivity index (χ2n) is 5.93. The number of imidazole rings is 1. The second kappa shape index (κ2) is 6.55. The van der Waals surface area contributed by atoms with E-state index in [1.54, 1.807) is 13.2 Å². The lowest BCUT2D eigenvalue weighted by Crippen LogP contribution is -2.26. The molecule has 3 aromatic heterocycles. The zero-order chi connectivity index (χ0) is 18.3. The van der Waals surface area contributed by atoms with Gasteiger partial charge in [0.25, 0.3) is 5.91 Å². The summed E-state index contributed by atoms with van der Waals surface area (Å²) in [4.78, 5) is 23.4. The van der Waals surface area contributed by atoms with Gasteiger partial charge in [0.05, 0.1) is 5.69 Å². The SMILES string of the molecule is Cc1cccn2cc(C(=O)N(C)c3nc(-c4ccc(Cl)cc4)cs3)nc12. The van der Waals surface area contributed by atoms with Crippen LogP contribution in [0.2, 0.25) is 5.02 Å². The molecule has 0 saturated heterocycles. The quantitative estimate of drug-likeness (QED) is 0.516. The molecule has 0 spiro atoms. The third-order valence-corrected chi connectivity index (χ3v) is 5.29. The minimum Gasteiger partial charge on any atom is -0.306 e. The van der Waals surface area contributed by atoms with Crippen LogP contribution < -0.4 is 4.90 Å². The summed E-state index contributed by atoms with van der Waals surface area (Å²) in [7, 11) is 1.71. The monoisotopic (exact) mass is 382 g/mol. The molecule has 0 bridgehead atoms. The van der Waals surface area contributed by atoms with Crippen LogP contribution in [-0.4, -0.2) is 27.3 Å². The van der Waals surface area contributed by atoms with E-state index in [1.165, 1.54) is 16.2 Å². The number of benzene rings is 1. The van der Waals surface area contributed by atoms with E-state index >= 15 is 0 Å². The van der Waals surface area contributed by atoms with Gasteiger partial charge in [-0.1, -0.05) is 29.8 Å². The Hall–Kier alpha value is -2.70. The van der Waals surface area contributed by atoms with Crippen LogP contribution in [0, 0.1) is 6.92 Å². The van der Waals surface area contributed by atoms with Gasteiger partial charge in [0.1, 0.15) is 11.3 Å². The predicted octanol–water partition coefficient (Wildman–Crippen LogP) is 4.70. The first-order valence-corrected chi connectivity index (χ1v) is 9.22. The van der Waals surface area contributed by atoms with Crippen LogP contribution in [0.1, 0.15) is 16.1 Å². The van der Waals surface area contributed by atoms with E-state index in [1.807, 2.05) is 59.3 Å². The molecular formula is C19H15ClN4OS. The number of hydrogen-bond donors (Lipinski definition) is 0. The summed E-state index contributed by atoms with van der Waals surface area (Å²) >= 11 is 7.35. The van der Waals surface area contributed by atoms with Crippen molar-refractivity contribution in [3.8, 4) is 11.3 Å². The molecule has 3 heterocycles. The van der Waals surface area contributed by atoms with Gasteiger partial charge in [-0.15, -0.1) is 11.3 Å². The van der Waals surface area contributed by atoms with Crippen molar-refractivity contribution in [1.29, 1.82) is 0 Å². The normalized spacial score (nSPS) is 11.0. The van der Waals surface area contributed by atoms with Gasteiger partial charge >= 0.3 is 0 Å². The van der Waals surface area contributed by atoms with Gasteiger partial charge < -0.3 is 4.40 Å². The number of carbonyl (C=O) groups excluding carboxylic acids is 1. The highest BCUT2D eigenvalue weighted by atomic mass is 35.5. The number of aromatic nitrogens is 3. The first-order chi connectivity index (χ1) is 12.5. The van der Waals surface area contributed by atoms with E-state index in [9.17, 15) is 4.79 Å². The molecule has 1 amide bonds. The van der Waals surface area contributed by atoms with E-state index < -0.39 is 0 Å². The molecule has 0 aliphatic rings. The van der Waals surface area contributed by atoms with Gasteiger partial charge in [0.15, 0.2) is 5.13 Å². The maximum Gasteiger partial charge on any atom is 0.280 e. The molecule has 5 nitrogen and oxygen atoms in total. The number of fused-ring (bicyclic) bond motifs is 1. The van der Waals surface area contributed by atoms with Crippen molar-refractivity contribution in [2.75, 3.05) is 11.9 Å². The van der Waals surface area contributed by atoms with Crippen LogP contribution in [0.3, 0.4) is 0 Å². The molecule has 7 heteroatoms. The molecule has 0 atom stereocenters. The van der Waals surface area contributed by atoms with E-state index in [0.29, 0.717) is 15.8 Å². The number of rotatable bonds is 3. The summed E-state index contributed by atoms with van der Waals surface area (Å²) in [5.41, 5.74) is 3.97. The predicted molar refractivity (Wildman–Crippen MR) is 105 cm³/mol. The lowest BCUT2D eigenvalue weighted by Gasteiger charge is -2.11. The van der Waals surface area contributed by atoms with E-state index in [4.69, 9.17) is 11.6 Å². The van der Waals surface area contributed by atoms with Gasteiger partial charge in [0, 0.05) is 35.4 Å². The summed E-state index contributed by atoms with van der Waals surface area (Å²) in [6.07, 6.45) is 3.63. The zero-order valence-corrected chi connectivity index (χ0v) is 15.8. The number of aryl methyl sites for hydroxylation is 1.